The highest BCUT2D eigenvalue weighted by Crippen LogP contribution is 2.38. The topological polar surface area (TPSA) is 0 Å². The Morgan fingerprint density at radius 1 is 0.722 bits per heavy atom. The Labute approximate surface area is 113 Å². The molecule has 4 heteroatoms. The van der Waals surface area contributed by atoms with Gasteiger partial charge in [-0.25, -0.2) is 8.78 Å². The molecule has 0 unspecified atom stereocenters. The second-order valence-corrected chi connectivity index (χ2v) is 6.12. The summed E-state index contributed by atoms with van der Waals surface area (Å²) in [6, 6.07) is 9.74. The predicted molar refractivity (Wildman–Crippen MR) is 71.9 cm³/mol. The molecule has 1 aliphatic rings. The quantitative estimate of drug-likeness (QED) is 0.675. The standard InChI is InChI=1S/C14H10F2S2/c15-11-1-3-13-9(5-11)7-18-14-4-2-12(16)6-10(14)8-17-13/h1-6H,7-8H2. The van der Waals surface area contributed by atoms with Gasteiger partial charge >= 0.3 is 0 Å². The minimum absolute atomic E-state index is 0.199. The van der Waals surface area contributed by atoms with Crippen LogP contribution in [0.25, 0.3) is 0 Å². The number of hydrogen-bond donors (Lipinski definition) is 0. The van der Waals surface area contributed by atoms with Crippen molar-refractivity contribution in [1.29, 1.82) is 0 Å². The fourth-order valence-electron chi connectivity index (χ4n) is 1.91. The first-order valence-electron chi connectivity index (χ1n) is 5.55. The first-order chi connectivity index (χ1) is 8.72. The zero-order valence-electron chi connectivity index (χ0n) is 9.45. The van der Waals surface area contributed by atoms with Crippen molar-refractivity contribution in [3.05, 3.63) is 59.2 Å². The normalized spacial score (nSPS) is 14.3. The third kappa shape index (κ3) is 2.40. The van der Waals surface area contributed by atoms with Crippen LogP contribution in [0.15, 0.2) is 46.2 Å². The number of thioether (sulfide) groups is 2. The zero-order valence-corrected chi connectivity index (χ0v) is 11.1. The van der Waals surface area contributed by atoms with E-state index < -0.39 is 0 Å². The highest BCUT2D eigenvalue weighted by atomic mass is 32.2. The van der Waals surface area contributed by atoms with Gasteiger partial charge in [0.25, 0.3) is 0 Å². The zero-order chi connectivity index (χ0) is 12.5. The van der Waals surface area contributed by atoms with Crippen molar-refractivity contribution >= 4 is 23.5 Å². The predicted octanol–water partition coefficient (Wildman–Crippen LogP) is 4.86. The third-order valence-electron chi connectivity index (χ3n) is 2.81. The van der Waals surface area contributed by atoms with E-state index >= 15 is 0 Å². The van der Waals surface area contributed by atoms with Crippen LogP contribution in [0.3, 0.4) is 0 Å². The number of fused-ring (bicyclic) bond motifs is 2. The van der Waals surface area contributed by atoms with Gasteiger partial charge in [-0.05, 0) is 47.5 Å². The van der Waals surface area contributed by atoms with Crippen LogP contribution >= 0.6 is 23.5 Å². The highest BCUT2D eigenvalue weighted by molar-refractivity contribution is 8.00. The number of hydrogen-bond acceptors (Lipinski definition) is 2. The summed E-state index contributed by atoms with van der Waals surface area (Å²) < 4.78 is 26.4. The van der Waals surface area contributed by atoms with E-state index in [0.29, 0.717) is 0 Å². The summed E-state index contributed by atoms with van der Waals surface area (Å²) >= 11 is 3.27. The lowest BCUT2D eigenvalue weighted by atomic mass is 10.2. The average Bonchev–Trinajstić information content (AvgIpc) is 2.34. The Morgan fingerprint density at radius 2 is 1.17 bits per heavy atom. The summed E-state index contributed by atoms with van der Waals surface area (Å²) in [7, 11) is 0. The second-order valence-electron chi connectivity index (χ2n) is 4.08. The number of rotatable bonds is 0. The molecular weight excluding hydrogens is 270 g/mol. The molecule has 0 amide bonds. The summed E-state index contributed by atoms with van der Waals surface area (Å²) in [5, 5.41) is 0. The molecule has 1 heterocycles. The van der Waals surface area contributed by atoms with E-state index in [9.17, 15) is 8.78 Å². The van der Waals surface area contributed by atoms with Crippen molar-refractivity contribution < 1.29 is 8.78 Å². The molecule has 3 rings (SSSR count). The maximum absolute atomic E-state index is 13.2. The average molecular weight is 280 g/mol. The molecule has 2 aromatic carbocycles. The Hall–Kier alpha value is -1.00. The molecule has 18 heavy (non-hydrogen) atoms. The molecule has 1 aliphatic heterocycles. The molecule has 0 aliphatic carbocycles. The Balaban J connectivity index is 1.96. The van der Waals surface area contributed by atoms with Gasteiger partial charge in [-0.3, -0.25) is 0 Å². The first kappa shape index (κ1) is 12.1. The van der Waals surface area contributed by atoms with Crippen molar-refractivity contribution in [3.8, 4) is 0 Å². The lowest BCUT2D eigenvalue weighted by molar-refractivity contribution is 0.624. The van der Waals surface area contributed by atoms with E-state index in [0.717, 1.165) is 32.4 Å². The Kier molecular flexibility index (Phi) is 3.31. The van der Waals surface area contributed by atoms with Gasteiger partial charge in [0.15, 0.2) is 0 Å². The minimum atomic E-state index is -0.199. The van der Waals surface area contributed by atoms with E-state index in [1.54, 1.807) is 47.8 Å². The van der Waals surface area contributed by atoms with Crippen LogP contribution in [0.2, 0.25) is 0 Å². The van der Waals surface area contributed by atoms with Crippen LogP contribution in [-0.4, -0.2) is 0 Å². The van der Waals surface area contributed by atoms with Gasteiger partial charge in [-0.15, -0.1) is 23.5 Å². The molecule has 92 valence electrons. The Bertz CT molecular complexity index is 543. The van der Waals surface area contributed by atoms with Gasteiger partial charge in [-0.1, -0.05) is 0 Å². The van der Waals surface area contributed by atoms with Crippen molar-refractivity contribution in [1.82, 2.24) is 0 Å². The first-order valence-corrected chi connectivity index (χ1v) is 7.52. The second kappa shape index (κ2) is 4.94. The van der Waals surface area contributed by atoms with E-state index in [1.807, 2.05) is 0 Å². The van der Waals surface area contributed by atoms with Gasteiger partial charge in [0, 0.05) is 21.3 Å². The van der Waals surface area contributed by atoms with Crippen molar-refractivity contribution in [3.63, 3.8) is 0 Å². The van der Waals surface area contributed by atoms with E-state index in [2.05, 4.69) is 0 Å². The lowest BCUT2D eigenvalue weighted by Crippen LogP contribution is -1.95. The molecule has 2 aromatic rings. The van der Waals surface area contributed by atoms with E-state index in [1.165, 1.54) is 12.1 Å². The SMILES string of the molecule is Fc1ccc2c(c1)CSc1ccc(F)cc1CS2. The molecular formula is C14H10F2S2. The molecule has 0 nitrogen and oxygen atoms in total. The molecule has 0 atom stereocenters. The summed E-state index contributed by atoms with van der Waals surface area (Å²) in [4.78, 5) is 2.16. The van der Waals surface area contributed by atoms with Crippen molar-refractivity contribution in [2.75, 3.05) is 0 Å². The van der Waals surface area contributed by atoms with Gasteiger partial charge in [0.1, 0.15) is 11.6 Å². The van der Waals surface area contributed by atoms with Crippen LogP contribution in [0.1, 0.15) is 11.1 Å². The van der Waals surface area contributed by atoms with Crippen LogP contribution in [0, 0.1) is 11.6 Å². The fourth-order valence-corrected chi connectivity index (χ4v) is 4.16. The van der Waals surface area contributed by atoms with E-state index in [4.69, 9.17) is 0 Å². The van der Waals surface area contributed by atoms with Gasteiger partial charge < -0.3 is 0 Å². The van der Waals surface area contributed by atoms with Crippen LogP contribution in [-0.2, 0) is 11.5 Å². The minimum Gasteiger partial charge on any atom is -0.207 e. The Morgan fingerprint density at radius 3 is 1.61 bits per heavy atom. The monoisotopic (exact) mass is 280 g/mol. The maximum Gasteiger partial charge on any atom is 0.123 e. The molecule has 0 saturated heterocycles. The molecule has 0 fully saturated rings. The van der Waals surface area contributed by atoms with Gasteiger partial charge in [0.05, 0.1) is 0 Å². The third-order valence-corrected chi connectivity index (χ3v) is 5.14. The smallest absolute Gasteiger partial charge is 0.123 e. The maximum atomic E-state index is 13.2. The highest BCUT2D eigenvalue weighted by Gasteiger charge is 2.13. The van der Waals surface area contributed by atoms with Crippen LogP contribution < -0.4 is 0 Å². The summed E-state index contributed by atoms with van der Waals surface area (Å²) in [5.41, 5.74) is 2.03. The molecule has 0 N–H and O–H groups in total. The van der Waals surface area contributed by atoms with Crippen LogP contribution in [0.5, 0.6) is 0 Å². The van der Waals surface area contributed by atoms with Gasteiger partial charge in [-0.2, -0.15) is 0 Å². The number of halogens is 2. The summed E-state index contributed by atoms with van der Waals surface area (Å²) in [5.74, 6) is 1.04. The molecule has 0 spiro atoms. The van der Waals surface area contributed by atoms with Crippen LogP contribution in [0.4, 0.5) is 8.78 Å². The van der Waals surface area contributed by atoms with Crippen molar-refractivity contribution in [2.24, 2.45) is 0 Å². The van der Waals surface area contributed by atoms with Gasteiger partial charge in [0.2, 0.25) is 0 Å². The molecule has 0 saturated carbocycles. The molecule has 0 radical (unpaired) electrons. The summed E-state index contributed by atoms with van der Waals surface area (Å²) in [6.07, 6.45) is 0. The van der Waals surface area contributed by atoms with Crippen molar-refractivity contribution in [2.45, 2.75) is 21.3 Å². The molecule has 0 bridgehead atoms. The van der Waals surface area contributed by atoms with E-state index in [-0.39, 0.29) is 11.6 Å². The molecule has 0 aromatic heterocycles. The largest absolute Gasteiger partial charge is 0.207 e. The fraction of sp³-hybridized carbons (Fsp3) is 0.143. The number of benzene rings is 2. The lowest BCUT2D eigenvalue weighted by Gasteiger charge is -2.16. The summed E-state index contributed by atoms with van der Waals surface area (Å²) in [6.45, 7) is 0.